The number of likely N-dealkylation sites (tertiary alicyclic amines) is 1. The Balaban J connectivity index is 1.95. The highest BCUT2D eigenvalue weighted by Crippen LogP contribution is 2.21. The Hall–Kier alpha value is -0.910. The third-order valence-corrected chi connectivity index (χ3v) is 3.11. The minimum absolute atomic E-state index is 0.322. The van der Waals surface area contributed by atoms with Crippen LogP contribution in [0.5, 0.6) is 0 Å². The van der Waals surface area contributed by atoms with Crippen LogP contribution in [-0.2, 0) is 16.0 Å². The van der Waals surface area contributed by atoms with Crippen molar-refractivity contribution in [2.24, 2.45) is 0 Å². The van der Waals surface area contributed by atoms with Crippen LogP contribution in [0.25, 0.3) is 0 Å². The Morgan fingerprint density at radius 1 is 1.56 bits per heavy atom. The molecule has 5 heteroatoms. The number of rotatable bonds is 5. The van der Waals surface area contributed by atoms with Crippen molar-refractivity contribution in [1.82, 2.24) is 15.1 Å². The van der Waals surface area contributed by atoms with Crippen molar-refractivity contribution >= 4 is 0 Å². The van der Waals surface area contributed by atoms with Crippen LogP contribution in [-0.4, -0.2) is 54.6 Å². The Morgan fingerprint density at radius 2 is 2.44 bits per heavy atom. The van der Waals surface area contributed by atoms with Gasteiger partial charge in [-0.1, -0.05) is 0 Å². The molecule has 1 aromatic heterocycles. The van der Waals surface area contributed by atoms with Crippen LogP contribution < -0.4 is 0 Å². The molecule has 0 aromatic carbocycles. The molecule has 0 radical (unpaired) electrons. The predicted octanol–water partition coefficient (Wildman–Crippen LogP) is 0.645. The number of aromatic amines is 1. The Bertz CT molecular complexity index is 302. The Labute approximate surface area is 95.7 Å². The molecule has 5 nitrogen and oxygen atoms in total. The first-order valence-electron chi connectivity index (χ1n) is 5.57. The summed E-state index contributed by atoms with van der Waals surface area (Å²) in [6, 6.07) is 2.45. The average Bonchev–Trinajstić information content (AvgIpc) is 2.90. The van der Waals surface area contributed by atoms with Gasteiger partial charge in [-0.3, -0.25) is 10.00 Å². The van der Waals surface area contributed by atoms with Crippen LogP contribution in [0.15, 0.2) is 12.3 Å². The first-order chi connectivity index (χ1) is 7.83. The molecule has 1 fully saturated rings. The zero-order valence-corrected chi connectivity index (χ0v) is 9.85. The summed E-state index contributed by atoms with van der Waals surface area (Å²) >= 11 is 0. The minimum atomic E-state index is 0.322. The topological polar surface area (TPSA) is 50.4 Å². The summed E-state index contributed by atoms with van der Waals surface area (Å²) < 4.78 is 10.7. The smallest absolute Gasteiger partial charge is 0.0714 e. The van der Waals surface area contributed by atoms with Gasteiger partial charge in [0.15, 0.2) is 0 Å². The highest BCUT2D eigenvalue weighted by Gasteiger charge is 2.32. The molecule has 2 rings (SSSR count). The van der Waals surface area contributed by atoms with Crippen molar-refractivity contribution in [3.63, 3.8) is 0 Å². The van der Waals surface area contributed by atoms with E-state index in [2.05, 4.69) is 15.1 Å². The second-order valence-corrected chi connectivity index (χ2v) is 4.21. The Kier molecular flexibility index (Phi) is 3.93. The number of hydrogen-bond acceptors (Lipinski definition) is 4. The molecule has 1 saturated heterocycles. The Morgan fingerprint density at radius 3 is 3.06 bits per heavy atom. The molecule has 1 aliphatic rings. The highest BCUT2D eigenvalue weighted by atomic mass is 16.5. The van der Waals surface area contributed by atoms with Crippen molar-refractivity contribution in [3.8, 4) is 0 Å². The maximum absolute atomic E-state index is 5.41. The molecule has 16 heavy (non-hydrogen) atoms. The van der Waals surface area contributed by atoms with E-state index in [0.29, 0.717) is 12.1 Å². The molecular weight excluding hydrogens is 206 g/mol. The van der Waals surface area contributed by atoms with Crippen molar-refractivity contribution in [1.29, 1.82) is 0 Å². The van der Waals surface area contributed by atoms with Crippen molar-refractivity contribution < 1.29 is 9.47 Å². The number of aromatic nitrogens is 2. The summed E-state index contributed by atoms with van der Waals surface area (Å²) in [6.07, 6.45) is 3.14. The maximum Gasteiger partial charge on any atom is 0.0714 e. The van der Waals surface area contributed by atoms with Crippen LogP contribution >= 0.6 is 0 Å². The number of nitrogens with zero attached hydrogens (tertiary/aromatic N) is 2. The molecule has 2 atom stereocenters. The molecule has 0 unspecified atom stereocenters. The van der Waals surface area contributed by atoms with Crippen LogP contribution in [0.3, 0.4) is 0 Å². The molecule has 1 aliphatic heterocycles. The third kappa shape index (κ3) is 2.61. The number of methoxy groups -OCH3 is 2. The van der Waals surface area contributed by atoms with Crippen molar-refractivity contribution in [2.75, 3.05) is 27.4 Å². The van der Waals surface area contributed by atoms with Gasteiger partial charge in [-0.15, -0.1) is 0 Å². The summed E-state index contributed by atoms with van der Waals surface area (Å²) in [5.41, 5.74) is 1.14. The largest absolute Gasteiger partial charge is 0.383 e. The molecule has 0 bridgehead atoms. The summed E-state index contributed by atoms with van der Waals surface area (Å²) in [7, 11) is 3.52. The predicted molar refractivity (Wildman–Crippen MR) is 60.1 cm³/mol. The van der Waals surface area contributed by atoms with Crippen LogP contribution in [0.1, 0.15) is 12.1 Å². The van der Waals surface area contributed by atoms with E-state index in [1.807, 2.05) is 6.07 Å². The maximum atomic E-state index is 5.41. The van der Waals surface area contributed by atoms with E-state index in [0.717, 1.165) is 31.8 Å². The van der Waals surface area contributed by atoms with Crippen LogP contribution in [0.4, 0.5) is 0 Å². The molecule has 90 valence electrons. The van der Waals surface area contributed by atoms with E-state index in [4.69, 9.17) is 9.47 Å². The van der Waals surface area contributed by atoms with E-state index >= 15 is 0 Å². The van der Waals surface area contributed by atoms with Gasteiger partial charge in [0.2, 0.25) is 0 Å². The molecule has 0 aliphatic carbocycles. The molecule has 1 aromatic rings. The molecule has 1 N–H and O–H groups in total. The van der Waals surface area contributed by atoms with Gasteiger partial charge in [-0.25, -0.2) is 0 Å². The highest BCUT2D eigenvalue weighted by molar-refractivity contribution is 4.99. The lowest BCUT2D eigenvalue weighted by Crippen LogP contribution is -2.32. The number of ether oxygens (including phenoxy) is 2. The first-order valence-corrected chi connectivity index (χ1v) is 5.57. The molecule has 0 amide bonds. The second-order valence-electron chi connectivity index (χ2n) is 4.21. The van der Waals surface area contributed by atoms with Gasteiger partial charge in [0.25, 0.3) is 0 Å². The molecule has 0 saturated carbocycles. The number of H-pyrrole nitrogens is 1. The standard InChI is InChI=1S/C11H19N3O2/c1-15-8-10-5-11(16-2)7-14(10)6-9-3-4-12-13-9/h3-4,10-11H,5-8H2,1-2H3,(H,12,13)/t10-,11-/m0/s1. The minimum Gasteiger partial charge on any atom is -0.383 e. The van der Waals surface area contributed by atoms with Gasteiger partial charge in [0, 0.05) is 45.2 Å². The van der Waals surface area contributed by atoms with Gasteiger partial charge in [0.05, 0.1) is 12.7 Å². The SMILES string of the molecule is COC[C@@H]1C[C@H](OC)CN1Cc1ccn[nH]1. The van der Waals surface area contributed by atoms with Crippen LogP contribution in [0.2, 0.25) is 0 Å². The van der Waals surface area contributed by atoms with E-state index in [1.54, 1.807) is 20.4 Å². The second kappa shape index (κ2) is 5.43. The van der Waals surface area contributed by atoms with E-state index in [1.165, 1.54) is 0 Å². The van der Waals surface area contributed by atoms with E-state index in [9.17, 15) is 0 Å². The monoisotopic (exact) mass is 225 g/mol. The van der Waals surface area contributed by atoms with Gasteiger partial charge < -0.3 is 9.47 Å². The summed E-state index contributed by atoms with van der Waals surface area (Å²) in [4.78, 5) is 2.38. The van der Waals surface area contributed by atoms with E-state index in [-0.39, 0.29) is 0 Å². The van der Waals surface area contributed by atoms with Crippen molar-refractivity contribution in [3.05, 3.63) is 18.0 Å². The lowest BCUT2D eigenvalue weighted by Gasteiger charge is -2.22. The van der Waals surface area contributed by atoms with Crippen LogP contribution in [0, 0.1) is 0 Å². The lowest BCUT2D eigenvalue weighted by molar-refractivity contribution is 0.105. The molecular formula is C11H19N3O2. The number of nitrogens with one attached hydrogen (secondary N) is 1. The molecule has 0 spiro atoms. The summed E-state index contributed by atoms with van der Waals surface area (Å²) in [5.74, 6) is 0. The zero-order valence-electron chi connectivity index (χ0n) is 9.85. The first kappa shape index (κ1) is 11.6. The van der Waals surface area contributed by atoms with Gasteiger partial charge in [-0.2, -0.15) is 5.10 Å². The summed E-state index contributed by atoms with van der Waals surface area (Å²) in [5, 5.41) is 6.95. The number of hydrogen-bond donors (Lipinski definition) is 1. The third-order valence-electron chi connectivity index (χ3n) is 3.11. The fourth-order valence-electron chi connectivity index (χ4n) is 2.26. The average molecular weight is 225 g/mol. The fraction of sp³-hybridized carbons (Fsp3) is 0.727. The van der Waals surface area contributed by atoms with Gasteiger partial charge in [0.1, 0.15) is 0 Å². The van der Waals surface area contributed by atoms with Crippen molar-refractivity contribution in [2.45, 2.75) is 25.1 Å². The molecule has 2 heterocycles. The van der Waals surface area contributed by atoms with Gasteiger partial charge >= 0.3 is 0 Å². The fourth-order valence-corrected chi connectivity index (χ4v) is 2.26. The summed E-state index contributed by atoms with van der Waals surface area (Å²) in [6.45, 7) is 2.60. The quantitative estimate of drug-likeness (QED) is 0.799. The van der Waals surface area contributed by atoms with Gasteiger partial charge in [-0.05, 0) is 12.5 Å². The zero-order chi connectivity index (χ0) is 11.4. The lowest BCUT2D eigenvalue weighted by atomic mass is 10.2. The van der Waals surface area contributed by atoms with E-state index < -0.39 is 0 Å². The normalized spacial score (nSPS) is 26.4.